The first kappa shape index (κ1) is 12.8. The standard InChI is InChI=1S/C11H19ClN4O/c1-2-4-16-11(9(12)6-14-16)10(15-13)8-3-5-17-7-8/h6,8,10,15H,2-5,7,13H2,1H3. The molecule has 0 amide bonds. The molecular formula is C11H19ClN4O. The smallest absolute Gasteiger partial charge is 0.0834 e. The van der Waals surface area contributed by atoms with Crippen molar-refractivity contribution in [3.05, 3.63) is 16.9 Å². The third kappa shape index (κ3) is 2.63. The summed E-state index contributed by atoms with van der Waals surface area (Å²) >= 11 is 6.21. The van der Waals surface area contributed by atoms with E-state index in [4.69, 9.17) is 22.2 Å². The molecule has 0 spiro atoms. The molecule has 0 aliphatic carbocycles. The maximum absolute atomic E-state index is 6.21. The normalized spacial score (nSPS) is 21.9. The predicted molar refractivity (Wildman–Crippen MR) is 66.5 cm³/mol. The molecule has 5 nitrogen and oxygen atoms in total. The summed E-state index contributed by atoms with van der Waals surface area (Å²) in [5.74, 6) is 6.04. The molecule has 1 aromatic heterocycles. The second kappa shape index (κ2) is 5.82. The molecule has 2 atom stereocenters. The molecule has 1 aliphatic rings. The Morgan fingerprint density at radius 3 is 3.18 bits per heavy atom. The van der Waals surface area contributed by atoms with Gasteiger partial charge in [0.2, 0.25) is 0 Å². The van der Waals surface area contributed by atoms with Crippen molar-refractivity contribution < 1.29 is 4.74 Å². The maximum Gasteiger partial charge on any atom is 0.0834 e. The zero-order chi connectivity index (χ0) is 12.3. The summed E-state index contributed by atoms with van der Waals surface area (Å²) in [5, 5.41) is 4.97. The number of hydrazine groups is 1. The molecule has 1 saturated heterocycles. The number of hydrogen-bond acceptors (Lipinski definition) is 4. The summed E-state index contributed by atoms with van der Waals surface area (Å²) in [4.78, 5) is 0. The lowest BCUT2D eigenvalue weighted by atomic mass is 9.96. The van der Waals surface area contributed by atoms with Gasteiger partial charge in [-0.2, -0.15) is 5.10 Å². The first-order valence-electron chi connectivity index (χ1n) is 6.03. The lowest BCUT2D eigenvalue weighted by molar-refractivity contribution is 0.175. The fourth-order valence-electron chi connectivity index (χ4n) is 2.33. The fraction of sp³-hybridized carbons (Fsp3) is 0.727. The summed E-state index contributed by atoms with van der Waals surface area (Å²) < 4.78 is 7.35. The Morgan fingerprint density at radius 2 is 2.59 bits per heavy atom. The summed E-state index contributed by atoms with van der Waals surface area (Å²) in [6.07, 6.45) is 3.71. The van der Waals surface area contributed by atoms with Crippen molar-refractivity contribution in [3.63, 3.8) is 0 Å². The molecule has 2 heterocycles. The van der Waals surface area contributed by atoms with Crippen molar-refractivity contribution in [1.82, 2.24) is 15.2 Å². The minimum atomic E-state index is 0.0130. The van der Waals surface area contributed by atoms with Crippen LogP contribution in [0.3, 0.4) is 0 Å². The first-order chi connectivity index (χ1) is 8.27. The van der Waals surface area contributed by atoms with Crippen molar-refractivity contribution >= 4 is 11.6 Å². The zero-order valence-electron chi connectivity index (χ0n) is 10.0. The molecule has 2 rings (SSSR count). The summed E-state index contributed by atoms with van der Waals surface area (Å²) in [7, 11) is 0. The van der Waals surface area contributed by atoms with E-state index in [0.717, 1.165) is 38.3 Å². The molecule has 1 aromatic rings. The maximum atomic E-state index is 6.21. The average molecular weight is 259 g/mol. The van der Waals surface area contributed by atoms with E-state index in [1.54, 1.807) is 6.20 Å². The molecule has 0 bridgehead atoms. The highest BCUT2D eigenvalue weighted by atomic mass is 35.5. The number of nitrogens with zero attached hydrogens (tertiary/aromatic N) is 2. The number of rotatable bonds is 5. The van der Waals surface area contributed by atoms with Crippen LogP contribution in [0.1, 0.15) is 31.5 Å². The van der Waals surface area contributed by atoms with Crippen LogP contribution in [0.4, 0.5) is 0 Å². The monoisotopic (exact) mass is 258 g/mol. The average Bonchev–Trinajstić information content (AvgIpc) is 2.94. The Balaban J connectivity index is 2.25. The number of hydrogen-bond donors (Lipinski definition) is 2. The Morgan fingerprint density at radius 1 is 1.76 bits per heavy atom. The lowest BCUT2D eigenvalue weighted by Gasteiger charge is -2.23. The van der Waals surface area contributed by atoms with Crippen molar-refractivity contribution in [3.8, 4) is 0 Å². The molecule has 6 heteroatoms. The fourth-order valence-corrected chi connectivity index (χ4v) is 2.58. The van der Waals surface area contributed by atoms with Crippen molar-refractivity contribution in [1.29, 1.82) is 0 Å². The van der Waals surface area contributed by atoms with Crippen LogP contribution in [-0.4, -0.2) is 23.0 Å². The third-order valence-electron chi connectivity index (χ3n) is 3.18. The van der Waals surface area contributed by atoms with Crippen LogP contribution in [0.25, 0.3) is 0 Å². The van der Waals surface area contributed by atoms with Gasteiger partial charge in [-0.25, -0.2) is 0 Å². The second-order valence-electron chi connectivity index (χ2n) is 4.37. The number of aromatic nitrogens is 2. The lowest BCUT2D eigenvalue weighted by Crippen LogP contribution is -2.35. The number of nitrogens with one attached hydrogen (secondary N) is 1. The van der Waals surface area contributed by atoms with Crippen LogP contribution < -0.4 is 11.3 Å². The topological polar surface area (TPSA) is 65.1 Å². The van der Waals surface area contributed by atoms with E-state index in [-0.39, 0.29) is 6.04 Å². The van der Waals surface area contributed by atoms with Gasteiger partial charge in [-0.1, -0.05) is 18.5 Å². The Kier molecular flexibility index (Phi) is 4.39. The van der Waals surface area contributed by atoms with Crippen molar-refractivity contribution in [2.24, 2.45) is 11.8 Å². The van der Waals surface area contributed by atoms with Gasteiger partial charge >= 0.3 is 0 Å². The van der Waals surface area contributed by atoms with Gasteiger partial charge in [-0.3, -0.25) is 16.0 Å². The van der Waals surface area contributed by atoms with E-state index in [0.29, 0.717) is 10.9 Å². The molecule has 3 N–H and O–H groups in total. The van der Waals surface area contributed by atoms with Gasteiger partial charge < -0.3 is 4.74 Å². The molecule has 96 valence electrons. The van der Waals surface area contributed by atoms with Gasteiger partial charge in [0.15, 0.2) is 0 Å². The number of halogens is 1. The van der Waals surface area contributed by atoms with Crippen LogP contribution in [0.5, 0.6) is 0 Å². The Labute approximate surface area is 106 Å². The van der Waals surface area contributed by atoms with E-state index < -0.39 is 0 Å². The molecular weight excluding hydrogens is 240 g/mol. The molecule has 1 fully saturated rings. The minimum absolute atomic E-state index is 0.0130. The van der Waals surface area contributed by atoms with Crippen LogP contribution in [-0.2, 0) is 11.3 Å². The largest absolute Gasteiger partial charge is 0.381 e. The highest BCUT2D eigenvalue weighted by molar-refractivity contribution is 6.31. The zero-order valence-corrected chi connectivity index (χ0v) is 10.8. The summed E-state index contributed by atoms with van der Waals surface area (Å²) in [6.45, 7) is 4.49. The van der Waals surface area contributed by atoms with E-state index in [1.165, 1.54) is 0 Å². The SMILES string of the molecule is CCCn1ncc(Cl)c1C(NN)C1CCOC1. The molecule has 0 radical (unpaired) electrons. The summed E-state index contributed by atoms with van der Waals surface area (Å²) in [5.41, 5.74) is 3.84. The van der Waals surface area contributed by atoms with Gasteiger partial charge in [-0.05, 0) is 12.8 Å². The minimum Gasteiger partial charge on any atom is -0.381 e. The molecule has 0 aromatic carbocycles. The van der Waals surface area contributed by atoms with Crippen molar-refractivity contribution in [2.45, 2.75) is 32.4 Å². The molecule has 1 aliphatic heterocycles. The second-order valence-corrected chi connectivity index (χ2v) is 4.78. The van der Waals surface area contributed by atoms with E-state index in [1.807, 2.05) is 4.68 Å². The van der Waals surface area contributed by atoms with E-state index in [2.05, 4.69) is 17.4 Å². The van der Waals surface area contributed by atoms with Crippen LogP contribution in [0.2, 0.25) is 5.02 Å². The number of ether oxygens (including phenoxy) is 1. The molecule has 2 unspecified atom stereocenters. The number of aryl methyl sites for hydroxylation is 1. The Hall–Kier alpha value is -0.620. The Bertz CT molecular complexity index is 362. The predicted octanol–water partition coefficient (Wildman–Crippen LogP) is 1.49. The number of nitrogens with two attached hydrogens (primary N) is 1. The quantitative estimate of drug-likeness (QED) is 0.620. The van der Waals surface area contributed by atoms with Gasteiger partial charge in [0, 0.05) is 19.1 Å². The third-order valence-corrected chi connectivity index (χ3v) is 3.47. The van der Waals surface area contributed by atoms with Gasteiger partial charge in [-0.15, -0.1) is 0 Å². The van der Waals surface area contributed by atoms with Gasteiger partial charge in [0.1, 0.15) is 0 Å². The van der Waals surface area contributed by atoms with Crippen LogP contribution >= 0.6 is 11.6 Å². The highest BCUT2D eigenvalue weighted by Crippen LogP contribution is 2.32. The van der Waals surface area contributed by atoms with E-state index >= 15 is 0 Å². The van der Waals surface area contributed by atoms with E-state index in [9.17, 15) is 0 Å². The van der Waals surface area contributed by atoms with Gasteiger partial charge in [0.05, 0.1) is 29.6 Å². The van der Waals surface area contributed by atoms with Crippen LogP contribution in [0.15, 0.2) is 6.20 Å². The first-order valence-corrected chi connectivity index (χ1v) is 6.40. The molecule has 17 heavy (non-hydrogen) atoms. The van der Waals surface area contributed by atoms with Crippen molar-refractivity contribution in [2.75, 3.05) is 13.2 Å². The highest BCUT2D eigenvalue weighted by Gasteiger charge is 2.30. The van der Waals surface area contributed by atoms with Gasteiger partial charge in [0.25, 0.3) is 0 Å². The summed E-state index contributed by atoms with van der Waals surface area (Å²) in [6, 6.07) is 0.0130. The molecule has 0 saturated carbocycles. The van der Waals surface area contributed by atoms with Crippen LogP contribution in [0, 0.1) is 5.92 Å².